The Labute approximate surface area is 174 Å². The lowest BCUT2D eigenvalue weighted by atomic mass is 10.1. The van der Waals surface area contributed by atoms with Gasteiger partial charge in [0.1, 0.15) is 5.75 Å². The van der Waals surface area contributed by atoms with Crippen molar-refractivity contribution in [3.05, 3.63) is 56.4 Å². The van der Waals surface area contributed by atoms with Crippen LogP contribution in [0.15, 0.2) is 48.7 Å². The SMILES string of the molecule is CCCCCCCCOc1ccc(N/C=C\C(=O)c2ccc(I)s2)cc1. The first-order chi connectivity index (χ1) is 12.7. The molecule has 0 atom stereocenters. The first-order valence-electron chi connectivity index (χ1n) is 9.14. The fourth-order valence-corrected chi connectivity index (χ4v) is 4.00. The van der Waals surface area contributed by atoms with Crippen molar-refractivity contribution >= 4 is 45.4 Å². The zero-order valence-corrected chi connectivity index (χ0v) is 18.1. The van der Waals surface area contributed by atoms with Gasteiger partial charge in [0.2, 0.25) is 0 Å². The number of benzene rings is 1. The van der Waals surface area contributed by atoms with Crippen LogP contribution >= 0.6 is 33.9 Å². The number of halogens is 1. The molecule has 0 saturated heterocycles. The van der Waals surface area contributed by atoms with Crippen molar-refractivity contribution in [1.29, 1.82) is 0 Å². The first kappa shape index (κ1) is 21.0. The molecule has 3 nitrogen and oxygen atoms in total. The number of ketones is 1. The van der Waals surface area contributed by atoms with Gasteiger partial charge in [0.05, 0.1) is 14.4 Å². The number of carbonyl (C=O) groups is 1. The smallest absolute Gasteiger partial charge is 0.197 e. The summed E-state index contributed by atoms with van der Waals surface area (Å²) in [7, 11) is 0. The molecule has 0 aliphatic carbocycles. The van der Waals surface area contributed by atoms with Gasteiger partial charge in [-0.3, -0.25) is 4.79 Å². The lowest BCUT2D eigenvalue weighted by Gasteiger charge is -2.07. The zero-order chi connectivity index (χ0) is 18.6. The number of thiophene rings is 1. The summed E-state index contributed by atoms with van der Waals surface area (Å²) in [6, 6.07) is 11.6. The number of nitrogens with one attached hydrogen (secondary N) is 1. The molecule has 0 aliphatic heterocycles. The number of ether oxygens (including phenoxy) is 1. The minimum Gasteiger partial charge on any atom is -0.494 e. The maximum Gasteiger partial charge on any atom is 0.197 e. The maximum atomic E-state index is 12.0. The fraction of sp³-hybridized carbons (Fsp3) is 0.381. The van der Waals surface area contributed by atoms with Gasteiger partial charge in [0, 0.05) is 18.0 Å². The number of hydrogen-bond donors (Lipinski definition) is 1. The van der Waals surface area contributed by atoms with Crippen molar-refractivity contribution in [1.82, 2.24) is 0 Å². The van der Waals surface area contributed by atoms with Gasteiger partial charge in [-0.05, 0) is 65.4 Å². The maximum absolute atomic E-state index is 12.0. The third-order valence-corrected chi connectivity index (χ3v) is 5.83. The summed E-state index contributed by atoms with van der Waals surface area (Å²) in [4.78, 5) is 12.7. The normalized spacial score (nSPS) is 11.0. The average Bonchev–Trinajstić information content (AvgIpc) is 3.09. The summed E-state index contributed by atoms with van der Waals surface area (Å²) in [5.74, 6) is 0.904. The Morgan fingerprint density at radius 2 is 1.81 bits per heavy atom. The van der Waals surface area contributed by atoms with E-state index in [1.165, 1.54) is 43.4 Å². The molecule has 0 radical (unpaired) electrons. The molecule has 0 spiro atoms. The van der Waals surface area contributed by atoms with Crippen molar-refractivity contribution in [3.8, 4) is 5.75 Å². The Kier molecular flexibility index (Phi) is 9.77. The summed E-state index contributed by atoms with van der Waals surface area (Å²) in [6.07, 6.45) is 10.8. The van der Waals surface area contributed by atoms with E-state index >= 15 is 0 Å². The minimum absolute atomic E-state index is 0.0179. The van der Waals surface area contributed by atoms with Gasteiger partial charge in [-0.15, -0.1) is 11.3 Å². The molecule has 1 N–H and O–H groups in total. The summed E-state index contributed by atoms with van der Waals surface area (Å²) >= 11 is 3.72. The van der Waals surface area contributed by atoms with E-state index in [1.54, 1.807) is 12.3 Å². The van der Waals surface area contributed by atoms with Crippen molar-refractivity contribution in [2.45, 2.75) is 45.4 Å². The van der Waals surface area contributed by atoms with Gasteiger partial charge < -0.3 is 10.1 Å². The van der Waals surface area contributed by atoms with Crippen LogP contribution in [-0.4, -0.2) is 12.4 Å². The molecule has 1 heterocycles. The molecule has 2 aromatic rings. The molecule has 1 aromatic carbocycles. The lowest BCUT2D eigenvalue weighted by molar-refractivity contribution is 0.105. The van der Waals surface area contributed by atoms with Gasteiger partial charge in [0.15, 0.2) is 5.78 Å². The topological polar surface area (TPSA) is 38.3 Å². The van der Waals surface area contributed by atoms with Crippen LogP contribution in [0.2, 0.25) is 0 Å². The lowest BCUT2D eigenvalue weighted by Crippen LogP contribution is -1.97. The first-order valence-corrected chi connectivity index (χ1v) is 11.0. The number of allylic oxidation sites excluding steroid dienone is 1. The minimum atomic E-state index is 0.0179. The summed E-state index contributed by atoms with van der Waals surface area (Å²) in [6.45, 7) is 3.01. The second kappa shape index (κ2) is 12.1. The van der Waals surface area contributed by atoms with Crippen molar-refractivity contribution in [3.63, 3.8) is 0 Å². The predicted octanol–water partition coefficient (Wildman–Crippen LogP) is 6.90. The van der Waals surface area contributed by atoms with E-state index in [0.29, 0.717) is 0 Å². The second-order valence-corrected chi connectivity index (χ2v) is 9.06. The van der Waals surface area contributed by atoms with Gasteiger partial charge in [-0.2, -0.15) is 0 Å². The molecule has 0 bridgehead atoms. The number of anilines is 1. The highest BCUT2D eigenvalue weighted by Crippen LogP contribution is 2.19. The number of rotatable bonds is 12. The Morgan fingerprint density at radius 1 is 1.08 bits per heavy atom. The van der Waals surface area contributed by atoms with E-state index in [9.17, 15) is 4.79 Å². The highest BCUT2D eigenvalue weighted by atomic mass is 127. The quantitative estimate of drug-likeness (QED) is 0.154. The highest BCUT2D eigenvalue weighted by Gasteiger charge is 2.04. The van der Waals surface area contributed by atoms with Crippen LogP contribution in [-0.2, 0) is 0 Å². The van der Waals surface area contributed by atoms with Crippen LogP contribution in [0.4, 0.5) is 5.69 Å². The molecule has 5 heteroatoms. The van der Waals surface area contributed by atoms with Crippen LogP contribution in [0.3, 0.4) is 0 Å². The van der Waals surface area contributed by atoms with Crippen molar-refractivity contribution in [2.75, 3.05) is 11.9 Å². The summed E-state index contributed by atoms with van der Waals surface area (Å²) in [5, 5.41) is 3.12. The van der Waals surface area contributed by atoms with E-state index in [0.717, 1.165) is 32.2 Å². The number of carbonyl (C=O) groups excluding carboxylic acids is 1. The molecule has 0 aliphatic rings. The van der Waals surface area contributed by atoms with E-state index < -0.39 is 0 Å². The standard InChI is InChI=1S/C21H26INO2S/c1-2-3-4-5-6-7-16-25-18-10-8-17(9-11-18)23-15-14-19(24)20-12-13-21(22)26-20/h8-15,23H,2-7,16H2,1H3/b15-14-. The molecule has 26 heavy (non-hydrogen) atoms. The fourth-order valence-electron chi connectivity index (χ4n) is 2.46. The Bertz CT molecular complexity index is 694. The van der Waals surface area contributed by atoms with Crippen LogP contribution in [0.25, 0.3) is 0 Å². The van der Waals surface area contributed by atoms with Gasteiger partial charge in [-0.1, -0.05) is 39.0 Å². The van der Waals surface area contributed by atoms with Gasteiger partial charge in [0.25, 0.3) is 0 Å². The summed E-state index contributed by atoms with van der Waals surface area (Å²) < 4.78 is 6.89. The van der Waals surface area contributed by atoms with Crippen LogP contribution in [0, 0.1) is 2.88 Å². The molecule has 2 rings (SSSR count). The molecule has 1 aromatic heterocycles. The molecule has 0 unspecified atom stereocenters. The Hall–Kier alpha value is -1.34. The molecule has 140 valence electrons. The molecule has 0 fully saturated rings. The molecular formula is C21H26INO2S. The van der Waals surface area contributed by atoms with E-state index in [4.69, 9.17) is 4.74 Å². The number of hydrogen-bond acceptors (Lipinski definition) is 4. The van der Waals surface area contributed by atoms with Crippen molar-refractivity contribution in [2.24, 2.45) is 0 Å². The van der Waals surface area contributed by atoms with Gasteiger partial charge >= 0.3 is 0 Å². The molecular weight excluding hydrogens is 457 g/mol. The Balaban J connectivity index is 1.67. The van der Waals surface area contributed by atoms with E-state index in [-0.39, 0.29) is 5.78 Å². The third kappa shape index (κ3) is 7.91. The van der Waals surface area contributed by atoms with Crippen molar-refractivity contribution < 1.29 is 9.53 Å². The highest BCUT2D eigenvalue weighted by molar-refractivity contribution is 14.1. The monoisotopic (exact) mass is 483 g/mol. The van der Waals surface area contributed by atoms with E-state index in [1.807, 2.05) is 36.4 Å². The largest absolute Gasteiger partial charge is 0.494 e. The Morgan fingerprint density at radius 3 is 2.50 bits per heavy atom. The molecule has 0 saturated carbocycles. The van der Waals surface area contributed by atoms with Crippen LogP contribution in [0.5, 0.6) is 5.75 Å². The zero-order valence-electron chi connectivity index (χ0n) is 15.2. The second-order valence-electron chi connectivity index (χ2n) is 6.09. The van der Waals surface area contributed by atoms with Gasteiger partial charge in [-0.25, -0.2) is 0 Å². The predicted molar refractivity (Wildman–Crippen MR) is 119 cm³/mol. The average molecular weight is 483 g/mol. The third-order valence-electron chi connectivity index (χ3n) is 3.92. The van der Waals surface area contributed by atoms with E-state index in [2.05, 4.69) is 34.8 Å². The summed E-state index contributed by atoms with van der Waals surface area (Å²) in [5.41, 5.74) is 0.932. The molecule has 0 amide bonds. The van der Waals surface area contributed by atoms with Crippen LogP contribution in [0.1, 0.15) is 55.1 Å². The number of unbranched alkanes of at least 4 members (excludes halogenated alkanes) is 5. The van der Waals surface area contributed by atoms with Crippen LogP contribution < -0.4 is 10.1 Å².